The number of fused-ring (bicyclic) bond motifs is 1. The SMILES string of the molecule is CCn1c(C2(N)CCOCC2)nc2cc(C)ccc21. The number of hydrogen-bond donors (Lipinski definition) is 1. The molecule has 0 aliphatic carbocycles. The van der Waals surface area contributed by atoms with E-state index in [9.17, 15) is 0 Å². The summed E-state index contributed by atoms with van der Waals surface area (Å²) in [6.07, 6.45) is 1.69. The number of nitrogens with zero attached hydrogens (tertiary/aromatic N) is 2. The Morgan fingerprint density at radius 2 is 2.11 bits per heavy atom. The molecule has 1 fully saturated rings. The second kappa shape index (κ2) is 4.62. The standard InChI is InChI=1S/C15H21N3O/c1-3-18-13-5-4-11(2)10-12(13)17-14(18)15(16)6-8-19-9-7-15/h4-5,10H,3,6-9,16H2,1-2H3. The minimum atomic E-state index is -0.346. The summed E-state index contributed by atoms with van der Waals surface area (Å²) in [6, 6.07) is 6.41. The van der Waals surface area contributed by atoms with Gasteiger partial charge in [-0.3, -0.25) is 0 Å². The molecule has 0 spiro atoms. The second-order valence-corrected chi connectivity index (χ2v) is 5.44. The van der Waals surface area contributed by atoms with Gasteiger partial charge in [0.1, 0.15) is 5.82 Å². The largest absolute Gasteiger partial charge is 0.381 e. The smallest absolute Gasteiger partial charge is 0.130 e. The van der Waals surface area contributed by atoms with Gasteiger partial charge in [-0.1, -0.05) is 6.07 Å². The molecule has 0 atom stereocenters. The van der Waals surface area contributed by atoms with Gasteiger partial charge in [-0.15, -0.1) is 0 Å². The molecule has 1 aromatic carbocycles. The molecule has 2 aromatic rings. The van der Waals surface area contributed by atoms with E-state index < -0.39 is 0 Å². The highest BCUT2D eigenvalue weighted by Gasteiger charge is 2.34. The summed E-state index contributed by atoms with van der Waals surface area (Å²) >= 11 is 0. The van der Waals surface area contributed by atoms with Crippen molar-refractivity contribution in [3.8, 4) is 0 Å². The number of hydrogen-bond acceptors (Lipinski definition) is 3. The molecule has 1 aromatic heterocycles. The Morgan fingerprint density at radius 1 is 1.37 bits per heavy atom. The number of aryl methyl sites for hydroxylation is 2. The van der Waals surface area contributed by atoms with Gasteiger partial charge in [0.25, 0.3) is 0 Å². The summed E-state index contributed by atoms with van der Waals surface area (Å²) in [5.74, 6) is 1.01. The summed E-state index contributed by atoms with van der Waals surface area (Å²) < 4.78 is 7.69. The van der Waals surface area contributed by atoms with Gasteiger partial charge in [0.15, 0.2) is 0 Å². The van der Waals surface area contributed by atoms with E-state index in [1.807, 2.05) is 0 Å². The number of rotatable bonds is 2. The Balaban J connectivity index is 2.17. The maximum Gasteiger partial charge on any atom is 0.130 e. The molecule has 4 heteroatoms. The fourth-order valence-corrected chi connectivity index (χ4v) is 2.90. The number of benzene rings is 1. The average Bonchev–Trinajstić information content (AvgIpc) is 2.78. The van der Waals surface area contributed by atoms with Crippen molar-refractivity contribution in [3.05, 3.63) is 29.6 Å². The summed E-state index contributed by atoms with van der Waals surface area (Å²) in [6.45, 7) is 6.59. The molecule has 4 nitrogen and oxygen atoms in total. The average molecular weight is 259 g/mol. The molecule has 0 bridgehead atoms. The van der Waals surface area contributed by atoms with Crippen molar-refractivity contribution in [1.29, 1.82) is 0 Å². The third-order valence-electron chi connectivity index (χ3n) is 4.05. The lowest BCUT2D eigenvalue weighted by atomic mass is 9.90. The van der Waals surface area contributed by atoms with Gasteiger partial charge in [0.2, 0.25) is 0 Å². The van der Waals surface area contributed by atoms with Crippen molar-refractivity contribution in [1.82, 2.24) is 9.55 Å². The van der Waals surface area contributed by atoms with E-state index in [0.717, 1.165) is 43.9 Å². The van der Waals surface area contributed by atoms with E-state index >= 15 is 0 Å². The molecule has 1 saturated heterocycles. The summed E-state index contributed by atoms with van der Waals surface area (Å²) in [7, 11) is 0. The van der Waals surface area contributed by atoms with Gasteiger partial charge in [0, 0.05) is 19.8 Å². The quantitative estimate of drug-likeness (QED) is 0.900. The fraction of sp³-hybridized carbons (Fsp3) is 0.533. The highest BCUT2D eigenvalue weighted by Crippen LogP contribution is 2.31. The lowest BCUT2D eigenvalue weighted by Crippen LogP contribution is -2.44. The van der Waals surface area contributed by atoms with Gasteiger partial charge in [-0.05, 0) is 44.4 Å². The van der Waals surface area contributed by atoms with Crippen molar-refractivity contribution in [2.45, 2.75) is 38.8 Å². The first-order chi connectivity index (χ1) is 9.14. The van der Waals surface area contributed by atoms with Crippen molar-refractivity contribution in [2.24, 2.45) is 5.73 Å². The lowest BCUT2D eigenvalue weighted by molar-refractivity contribution is 0.0481. The minimum Gasteiger partial charge on any atom is -0.381 e. The predicted octanol–water partition coefficient (Wildman–Crippen LogP) is 2.33. The van der Waals surface area contributed by atoms with Crippen molar-refractivity contribution in [3.63, 3.8) is 0 Å². The maximum absolute atomic E-state index is 6.60. The molecule has 0 amide bonds. The van der Waals surface area contributed by atoms with Crippen LogP contribution in [-0.2, 0) is 16.8 Å². The zero-order chi connectivity index (χ0) is 13.5. The van der Waals surface area contributed by atoms with Gasteiger partial charge >= 0.3 is 0 Å². The Kier molecular flexibility index (Phi) is 3.07. The number of ether oxygens (including phenoxy) is 1. The van der Waals surface area contributed by atoms with Crippen LogP contribution in [0.1, 0.15) is 31.2 Å². The molecule has 1 aliphatic heterocycles. The van der Waals surface area contributed by atoms with Crippen LogP contribution in [0.5, 0.6) is 0 Å². The molecule has 3 rings (SSSR count). The molecule has 19 heavy (non-hydrogen) atoms. The Labute approximate surface area is 113 Å². The van der Waals surface area contributed by atoms with Crippen molar-refractivity contribution in [2.75, 3.05) is 13.2 Å². The van der Waals surface area contributed by atoms with Crippen molar-refractivity contribution >= 4 is 11.0 Å². The molecule has 1 aliphatic rings. The van der Waals surface area contributed by atoms with Crippen LogP contribution in [0, 0.1) is 6.92 Å². The monoisotopic (exact) mass is 259 g/mol. The van der Waals surface area contributed by atoms with Crippen LogP contribution in [0.4, 0.5) is 0 Å². The fourth-order valence-electron chi connectivity index (χ4n) is 2.90. The number of nitrogens with two attached hydrogens (primary N) is 1. The first-order valence-electron chi connectivity index (χ1n) is 6.98. The maximum atomic E-state index is 6.60. The van der Waals surface area contributed by atoms with E-state index in [1.165, 1.54) is 11.1 Å². The predicted molar refractivity (Wildman–Crippen MR) is 76.1 cm³/mol. The van der Waals surface area contributed by atoms with E-state index in [0.29, 0.717) is 0 Å². The second-order valence-electron chi connectivity index (χ2n) is 5.44. The van der Waals surface area contributed by atoms with Crippen LogP contribution < -0.4 is 5.73 Å². The van der Waals surface area contributed by atoms with E-state index in [4.69, 9.17) is 15.5 Å². The third-order valence-corrected chi connectivity index (χ3v) is 4.05. The lowest BCUT2D eigenvalue weighted by Gasteiger charge is -2.33. The van der Waals surface area contributed by atoms with Crippen molar-refractivity contribution < 1.29 is 4.74 Å². The van der Waals surface area contributed by atoms with Gasteiger partial charge in [-0.2, -0.15) is 0 Å². The van der Waals surface area contributed by atoms with Crippen LogP contribution >= 0.6 is 0 Å². The van der Waals surface area contributed by atoms with Crippen LogP contribution in [0.3, 0.4) is 0 Å². The minimum absolute atomic E-state index is 0.346. The molecular weight excluding hydrogens is 238 g/mol. The van der Waals surface area contributed by atoms with Crippen LogP contribution in [-0.4, -0.2) is 22.8 Å². The number of imidazole rings is 1. The molecule has 102 valence electrons. The zero-order valence-electron chi connectivity index (χ0n) is 11.6. The van der Waals surface area contributed by atoms with E-state index in [2.05, 4.69) is 36.6 Å². The molecule has 2 heterocycles. The van der Waals surface area contributed by atoms with E-state index in [-0.39, 0.29) is 5.54 Å². The Bertz CT molecular complexity index is 597. The normalized spacial score (nSPS) is 18.9. The Hall–Kier alpha value is -1.39. The highest BCUT2D eigenvalue weighted by molar-refractivity contribution is 5.77. The summed E-state index contributed by atoms with van der Waals surface area (Å²) in [4.78, 5) is 4.82. The molecular formula is C15H21N3O. The van der Waals surface area contributed by atoms with E-state index in [1.54, 1.807) is 0 Å². The van der Waals surface area contributed by atoms with Crippen LogP contribution in [0.15, 0.2) is 18.2 Å². The molecule has 0 radical (unpaired) electrons. The third kappa shape index (κ3) is 2.05. The molecule has 0 saturated carbocycles. The van der Waals surface area contributed by atoms with Crippen LogP contribution in [0.2, 0.25) is 0 Å². The van der Waals surface area contributed by atoms with Crippen LogP contribution in [0.25, 0.3) is 11.0 Å². The number of aromatic nitrogens is 2. The first-order valence-corrected chi connectivity index (χ1v) is 6.98. The van der Waals surface area contributed by atoms with Gasteiger partial charge in [0.05, 0.1) is 16.6 Å². The topological polar surface area (TPSA) is 53.1 Å². The molecule has 0 unspecified atom stereocenters. The first kappa shape index (κ1) is 12.6. The highest BCUT2D eigenvalue weighted by atomic mass is 16.5. The summed E-state index contributed by atoms with van der Waals surface area (Å²) in [5.41, 5.74) is 9.71. The summed E-state index contributed by atoms with van der Waals surface area (Å²) in [5, 5.41) is 0. The zero-order valence-corrected chi connectivity index (χ0v) is 11.6. The molecule has 2 N–H and O–H groups in total. The Morgan fingerprint density at radius 3 is 2.79 bits per heavy atom. The van der Waals surface area contributed by atoms with Gasteiger partial charge in [-0.25, -0.2) is 4.98 Å². The van der Waals surface area contributed by atoms with Gasteiger partial charge < -0.3 is 15.0 Å².